The van der Waals surface area contributed by atoms with Crippen molar-refractivity contribution >= 4 is 12.4 Å². The molecule has 0 aromatic rings. The average Bonchev–Trinajstić information content (AvgIpc) is 2.12. The van der Waals surface area contributed by atoms with Gasteiger partial charge in [0, 0.05) is 6.54 Å². The minimum absolute atomic E-state index is 0.355. The maximum absolute atomic E-state index is 11.1. The monoisotopic (exact) mass is 173 g/mol. The fraction of sp³-hybridized carbons (Fsp3) is 0.750. The van der Waals surface area contributed by atoms with Crippen LogP contribution in [0.5, 0.6) is 0 Å². The summed E-state index contributed by atoms with van der Waals surface area (Å²) in [5.41, 5.74) is 0. The van der Waals surface area contributed by atoms with Crippen molar-refractivity contribution in [2.75, 3.05) is 13.7 Å². The molecule has 4 heteroatoms. The first kappa shape index (κ1) is 10.9. The van der Waals surface area contributed by atoms with Crippen molar-refractivity contribution in [3.05, 3.63) is 0 Å². The number of rotatable bonds is 5. The van der Waals surface area contributed by atoms with Crippen LogP contribution in [0.1, 0.15) is 20.3 Å². The van der Waals surface area contributed by atoms with Crippen LogP contribution in [0.3, 0.4) is 0 Å². The van der Waals surface area contributed by atoms with E-state index >= 15 is 0 Å². The van der Waals surface area contributed by atoms with Crippen molar-refractivity contribution in [2.45, 2.75) is 26.3 Å². The summed E-state index contributed by atoms with van der Waals surface area (Å²) in [5, 5.41) is 0. The Morgan fingerprint density at radius 3 is 2.42 bits per heavy atom. The van der Waals surface area contributed by atoms with Crippen molar-refractivity contribution in [3.8, 4) is 0 Å². The quantitative estimate of drug-likeness (QED) is 0.447. The highest BCUT2D eigenvalue weighted by atomic mass is 16.5. The number of likely N-dealkylation sites (N-methyl/N-ethyl adjacent to an activating group) is 1. The van der Waals surface area contributed by atoms with Gasteiger partial charge in [-0.1, -0.05) is 6.92 Å². The molecule has 0 saturated heterocycles. The van der Waals surface area contributed by atoms with Gasteiger partial charge >= 0.3 is 5.97 Å². The van der Waals surface area contributed by atoms with E-state index in [1.807, 2.05) is 13.8 Å². The Labute approximate surface area is 72.5 Å². The third-order valence-corrected chi connectivity index (χ3v) is 1.76. The van der Waals surface area contributed by atoms with Gasteiger partial charge in [0.1, 0.15) is 6.04 Å². The Kier molecular flexibility index (Phi) is 5.08. The predicted molar refractivity (Wildman–Crippen MR) is 44.5 cm³/mol. The van der Waals surface area contributed by atoms with Crippen molar-refractivity contribution in [1.82, 2.24) is 4.90 Å². The minimum atomic E-state index is -0.433. The van der Waals surface area contributed by atoms with Gasteiger partial charge in [-0.25, -0.2) is 4.79 Å². The first-order valence-electron chi connectivity index (χ1n) is 4.00. The number of methoxy groups -OCH3 is 1. The average molecular weight is 173 g/mol. The van der Waals surface area contributed by atoms with Crippen molar-refractivity contribution in [2.24, 2.45) is 0 Å². The van der Waals surface area contributed by atoms with Gasteiger partial charge in [0.25, 0.3) is 0 Å². The van der Waals surface area contributed by atoms with Gasteiger partial charge in [-0.2, -0.15) is 0 Å². The van der Waals surface area contributed by atoms with Crippen LogP contribution in [-0.4, -0.2) is 37.0 Å². The van der Waals surface area contributed by atoms with E-state index in [-0.39, 0.29) is 5.97 Å². The standard InChI is InChI=1S/C8H15NO3/c1-4-7(8(11)12-3)9(5-2)6-10/h6-7H,4-5H2,1-3H3. The summed E-state index contributed by atoms with van der Waals surface area (Å²) in [6.45, 7) is 4.19. The van der Waals surface area contributed by atoms with Crippen LogP contribution < -0.4 is 0 Å². The summed E-state index contributed by atoms with van der Waals surface area (Å²) in [7, 11) is 1.32. The molecule has 0 saturated carbocycles. The van der Waals surface area contributed by atoms with Crippen LogP contribution in [0.25, 0.3) is 0 Å². The summed E-state index contributed by atoms with van der Waals surface area (Å²) in [6, 6.07) is -0.433. The number of carbonyl (C=O) groups excluding carboxylic acids is 2. The molecule has 70 valence electrons. The molecule has 1 amide bonds. The number of ether oxygens (including phenoxy) is 1. The van der Waals surface area contributed by atoms with Crippen LogP contribution in [0.2, 0.25) is 0 Å². The van der Waals surface area contributed by atoms with Crippen LogP contribution in [0, 0.1) is 0 Å². The van der Waals surface area contributed by atoms with Gasteiger partial charge < -0.3 is 9.64 Å². The lowest BCUT2D eigenvalue weighted by molar-refractivity contribution is -0.149. The molecule has 0 N–H and O–H groups in total. The number of nitrogens with zero attached hydrogens (tertiary/aromatic N) is 1. The van der Waals surface area contributed by atoms with Crippen LogP contribution in [0.15, 0.2) is 0 Å². The Morgan fingerprint density at radius 1 is 1.58 bits per heavy atom. The summed E-state index contributed by atoms with van der Waals surface area (Å²) in [4.78, 5) is 23.0. The number of hydrogen-bond donors (Lipinski definition) is 0. The number of carbonyl (C=O) groups is 2. The van der Waals surface area contributed by atoms with Gasteiger partial charge in [-0.05, 0) is 13.3 Å². The van der Waals surface area contributed by atoms with Crippen molar-refractivity contribution in [1.29, 1.82) is 0 Å². The first-order valence-corrected chi connectivity index (χ1v) is 4.00. The van der Waals surface area contributed by atoms with Crippen LogP contribution in [0.4, 0.5) is 0 Å². The SMILES string of the molecule is CCC(C(=O)OC)N(C=O)CC. The van der Waals surface area contributed by atoms with E-state index in [0.29, 0.717) is 19.4 Å². The van der Waals surface area contributed by atoms with E-state index in [1.165, 1.54) is 12.0 Å². The minimum Gasteiger partial charge on any atom is -0.467 e. The summed E-state index contributed by atoms with van der Waals surface area (Å²) in [5.74, 6) is -0.355. The van der Waals surface area contributed by atoms with Crippen LogP contribution >= 0.6 is 0 Å². The largest absolute Gasteiger partial charge is 0.467 e. The maximum atomic E-state index is 11.1. The Morgan fingerprint density at radius 2 is 2.17 bits per heavy atom. The van der Waals surface area contributed by atoms with E-state index in [2.05, 4.69) is 4.74 Å². The lowest BCUT2D eigenvalue weighted by atomic mass is 10.2. The number of esters is 1. The zero-order valence-electron chi connectivity index (χ0n) is 7.74. The zero-order chi connectivity index (χ0) is 9.56. The summed E-state index contributed by atoms with van der Waals surface area (Å²) < 4.78 is 4.55. The van der Waals surface area contributed by atoms with E-state index < -0.39 is 6.04 Å². The van der Waals surface area contributed by atoms with Crippen molar-refractivity contribution in [3.63, 3.8) is 0 Å². The molecule has 0 aliphatic carbocycles. The smallest absolute Gasteiger partial charge is 0.328 e. The van der Waals surface area contributed by atoms with E-state index in [0.717, 1.165) is 0 Å². The zero-order valence-corrected chi connectivity index (χ0v) is 7.74. The van der Waals surface area contributed by atoms with Crippen LogP contribution in [-0.2, 0) is 14.3 Å². The highest BCUT2D eigenvalue weighted by Crippen LogP contribution is 2.03. The molecule has 1 unspecified atom stereocenters. The van der Waals surface area contributed by atoms with Gasteiger partial charge in [0.05, 0.1) is 7.11 Å². The second-order valence-electron chi connectivity index (χ2n) is 2.38. The first-order chi connectivity index (χ1) is 5.71. The molecule has 1 atom stereocenters. The topological polar surface area (TPSA) is 46.6 Å². The second kappa shape index (κ2) is 5.57. The normalized spacial score (nSPS) is 11.9. The molecule has 0 radical (unpaired) electrons. The second-order valence-corrected chi connectivity index (χ2v) is 2.38. The molecule has 12 heavy (non-hydrogen) atoms. The molecule has 0 aromatic carbocycles. The van der Waals surface area contributed by atoms with Gasteiger partial charge in [-0.3, -0.25) is 4.79 Å². The molecule has 0 bridgehead atoms. The number of amides is 1. The predicted octanol–water partition coefficient (Wildman–Crippen LogP) is 0.416. The lowest BCUT2D eigenvalue weighted by Gasteiger charge is -2.23. The molecule has 0 aliphatic rings. The highest BCUT2D eigenvalue weighted by Gasteiger charge is 2.22. The lowest BCUT2D eigenvalue weighted by Crippen LogP contribution is -2.40. The highest BCUT2D eigenvalue weighted by molar-refractivity contribution is 5.78. The number of hydrogen-bond acceptors (Lipinski definition) is 3. The molecular weight excluding hydrogens is 158 g/mol. The maximum Gasteiger partial charge on any atom is 0.328 e. The molecular formula is C8H15NO3. The Hall–Kier alpha value is -1.06. The molecule has 0 spiro atoms. The summed E-state index contributed by atoms with van der Waals surface area (Å²) in [6.07, 6.45) is 1.25. The summed E-state index contributed by atoms with van der Waals surface area (Å²) >= 11 is 0. The molecule has 0 heterocycles. The van der Waals surface area contributed by atoms with E-state index in [1.54, 1.807) is 0 Å². The van der Waals surface area contributed by atoms with E-state index in [9.17, 15) is 9.59 Å². The van der Waals surface area contributed by atoms with Gasteiger partial charge in [0.2, 0.25) is 6.41 Å². The van der Waals surface area contributed by atoms with E-state index in [4.69, 9.17) is 0 Å². The Balaban J connectivity index is 4.29. The fourth-order valence-electron chi connectivity index (χ4n) is 1.04. The molecule has 4 nitrogen and oxygen atoms in total. The Bertz CT molecular complexity index is 158. The third-order valence-electron chi connectivity index (χ3n) is 1.76. The molecule has 0 aromatic heterocycles. The molecule has 0 aliphatic heterocycles. The van der Waals surface area contributed by atoms with Crippen molar-refractivity contribution < 1.29 is 14.3 Å². The third kappa shape index (κ3) is 2.53. The molecule has 0 rings (SSSR count). The van der Waals surface area contributed by atoms with Gasteiger partial charge in [0.15, 0.2) is 0 Å². The fourth-order valence-corrected chi connectivity index (χ4v) is 1.04. The molecule has 0 fully saturated rings. The van der Waals surface area contributed by atoms with Gasteiger partial charge in [-0.15, -0.1) is 0 Å².